The summed E-state index contributed by atoms with van der Waals surface area (Å²) in [6.07, 6.45) is 0.801. The number of carbonyl (C=O) groups excluding carboxylic acids is 2. The van der Waals surface area contributed by atoms with E-state index in [-0.39, 0.29) is 41.7 Å². The molecule has 2 aliphatic heterocycles. The Labute approximate surface area is 252 Å². The third kappa shape index (κ3) is 7.62. The number of carbonyl (C=O) groups is 3. The van der Waals surface area contributed by atoms with Crippen LogP contribution in [0.3, 0.4) is 0 Å². The summed E-state index contributed by atoms with van der Waals surface area (Å²) in [6.45, 7) is 7.57. The molecule has 2 saturated heterocycles. The van der Waals surface area contributed by atoms with Crippen molar-refractivity contribution < 1.29 is 29.0 Å². The van der Waals surface area contributed by atoms with Gasteiger partial charge in [-0.25, -0.2) is 9.78 Å². The van der Waals surface area contributed by atoms with E-state index in [9.17, 15) is 19.5 Å². The van der Waals surface area contributed by atoms with Crippen LogP contribution >= 0.6 is 11.6 Å². The van der Waals surface area contributed by atoms with Crippen LogP contribution in [-0.2, 0) is 20.8 Å². The molecule has 0 bridgehead atoms. The number of benzene rings is 1. The summed E-state index contributed by atoms with van der Waals surface area (Å²) >= 11 is 6.73. The highest BCUT2D eigenvalue weighted by Crippen LogP contribution is 2.31. The molecule has 3 heterocycles. The van der Waals surface area contributed by atoms with Crippen molar-refractivity contribution >= 4 is 29.5 Å². The van der Waals surface area contributed by atoms with E-state index in [2.05, 4.69) is 4.98 Å². The molecule has 2 aromatic rings. The van der Waals surface area contributed by atoms with Crippen molar-refractivity contribution in [2.45, 2.75) is 45.7 Å². The van der Waals surface area contributed by atoms with Crippen LogP contribution in [0.1, 0.15) is 43.6 Å². The highest BCUT2D eigenvalue weighted by Gasteiger charge is 2.41. The van der Waals surface area contributed by atoms with Crippen LogP contribution in [-0.4, -0.2) is 113 Å². The Morgan fingerprint density at radius 2 is 1.83 bits per heavy atom. The number of carboxylic acid groups (broad SMARTS) is 1. The smallest absolute Gasteiger partial charge is 0.407 e. The van der Waals surface area contributed by atoms with Gasteiger partial charge < -0.3 is 33.8 Å². The van der Waals surface area contributed by atoms with Gasteiger partial charge in [-0.05, 0) is 25.2 Å². The molecule has 0 aliphatic carbocycles. The van der Waals surface area contributed by atoms with Crippen LogP contribution in [0.15, 0.2) is 30.3 Å². The van der Waals surface area contributed by atoms with E-state index < -0.39 is 18.1 Å². The third-order valence-electron chi connectivity index (χ3n) is 7.77. The minimum absolute atomic E-state index is 0.0907. The van der Waals surface area contributed by atoms with Crippen molar-refractivity contribution in [1.82, 2.24) is 24.3 Å². The first-order valence-corrected chi connectivity index (χ1v) is 15.0. The first kappa shape index (κ1) is 31.8. The van der Waals surface area contributed by atoms with Crippen LogP contribution in [0.4, 0.5) is 4.79 Å². The zero-order chi connectivity index (χ0) is 30.2. The van der Waals surface area contributed by atoms with Gasteiger partial charge in [0.1, 0.15) is 11.5 Å². The fourth-order valence-electron chi connectivity index (χ4n) is 5.77. The first-order valence-electron chi connectivity index (χ1n) is 14.7. The fourth-order valence-corrected chi connectivity index (χ4v) is 6.03. The standard InChI is InChI=1S/C30H42ClN5O6/c1-21(2)18-36(24-17-23(19-34(20-24)30(39)40)28(37)33-12-15-42-16-13-33)29(38)25-26(31)32-27(22-9-5-4-6-10-22)35(25)11-7-8-14-41-3/h4-6,9-10,21,23-24H,7-8,11-20H2,1-3H3,(H,39,40)/t23-,24+/m1/s1. The molecule has 0 saturated carbocycles. The predicted molar refractivity (Wildman–Crippen MR) is 159 cm³/mol. The van der Waals surface area contributed by atoms with Gasteiger partial charge in [0.2, 0.25) is 5.91 Å². The van der Waals surface area contributed by atoms with E-state index in [1.807, 2.05) is 48.7 Å². The number of hydrogen-bond acceptors (Lipinski definition) is 6. The lowest BCUT2D eigenvalue weighted by Gasteiger charge is -2.43. The number of piperidine rings is 1. The third-order valence-corrected chi connectivity index (χ3v) is 8.04. The molecule has 2 atom stereocenters. The molecule has 1 aromatic carbocycles. The monoisotopic (exact) mass is 603 g/mol. The van der Waals surface area contributed by atoms with Crippen LogP contribution in [0.5, 0.6) is 0 Å². The Morgan fingerprint density at radius 3 is 2.48 bits per heavy atom. The summed E-state index contributed by atoms with van der Waals surface area (Å²) in [7, 11) is 1.66. The van der Waals surface area contributed by atoms with Gasteiger partial charge in [0, 0.05) is 58.5 Å². The Hall–Kier alpha value is -3.15. The number of nitrogens with zero attached hydrogens (tertiary/aromatic N) is 5. The number of imidazole rings is 1. The van der Waals surface area contributed by atoms with E-state index in [1.165, 1.54) is 4.90 Å². The normalized spacial score (nSPS) is 19.3. The molecule has 11 nitrogen and oxygen atoms in total. The van der Waals surface area contributed by atoms with E-state index >= 15 is 0 Å². The molecule has 12 heteroatoms. The SMILES string of the molecule is COCCCCn1c(-c2ccccc2)nc(Cl)c1C(=O)N(CC(C)C)[C@H]1C[C@@H](C(=O)N2CCOCC2)CN(C(=O)O)C1. The molecule has 1 N–H and O–H groups in total. The largest absolute Gasteiger partial charge is 0.465 e. The quantitative estimate of drug-likeness (QED) is 0.386. The van der Waals surface area contributed by atoms with Gasteiger partial charge in [-0.15, -0.1) is 0 Å². The Kier molecular flexibility index (Phi) is 11.2. The summed E-state index contributed by atoms with van der Waals surface area (Å²) < 4.78 is 12.5. The van der Waals surface area contributed by atoms with Gasteiger partial charge >= 0.3 is 6.09 Å². The molecule has 0 spiro atoms. The van der Waals surface area contributed by atoms with Gasteiger partial charge in [0.15, 0.2) is 5.15 Å². The van der Waals surface area contributed by atoms with Crippen molar-refractivity contribution in [3.63, 3.8) is 0 Å². The number of aromatic nitrogens is 2. The Balaban J connectivity index is 1.69. The van der Waals surface area contributed by atoms with Crippen LogP contribution in [0.25, 0.3) is 11.4 Å². The zero-order valence-electron chi connectivity index (χ0n) is 24.7. The van der Waals surface area contributed by atoms with Crippen molar-refractivity contribution in [2.75, 3.05) is 59.7 Å². The van der Waals surface area contributed by atoms with Gasteiger partial charge in [0.25, 0.3) is 5.91 Å². The summed E-state index contributed by atoms with van der Waals surface area (Å²) in [5, 5.41) is 10.1. The number of halogens is 1. The number of unbranched alkanes of at least 4 members (excludes halogenated alkanes) is 1. The summed E-state index contributed by atoms with van der Waals surface area (Å²) in [6, 6.07) is 9.09. The van der Waals surface area contributed by atoms with Crippen LogP contribution in [0.2, 0.25) is 5.15 Å². The molecule has 2 aliphatic rings. The molecule has 1 aromatic heterocycles. The second kappa shape index (κ2) is 14.8. The molecular weight excluding hydrogens is 562 g/mol. The maximum Gasteiger partial charge on any atom is 0.407 e. The Bertz CT molecular complexity index is 1220. The molecule has 2 fully saturated rings. The van der Waals surface area contributed by atoms with Gasteiger partial charge in [-0.1, -0.05) is 55.8 Å². The van der Waals surface area contributed by atoms with Gasteiger partial charge in [0.05, 0.1) is 25.2 Å². The lowest BCUT2D eigenvalue weighted by Crippen LogP contribution is -2.58. The van der Waals surface area contributed by atoms with Gasteiger partial charge in [-0.2, -0.15) is 0 Å². The fraction of sp³-hybridized carbons (Fsp3) is 0.600. The molecule has 0 unspecified atom stereocenters. The topological polar surface area (TPSA) is 117 Å². The molecule has 0 radical (unpaired) electrons. The lowest BCUT2D eigenvalue weighted by molar-refractivity contribution is -0.142. The molecule has 3 amide bonds. The first-order chi connectivity index (χ1) is 20.2. The molecule has 4 rings (SSSR count). The van der Waals surface area contributed by atoms with Crippen molar-refractivity contribution in [3.05, 3.63) is 41.2 Å². The number of amides is 3. The number of rotatable bonds is 11. The molecular formula is C30H42ClN5O6. The average Bonchev–Trinajstić information content (AvgIpc) is 3.33. The van der Waals surface area contributed by atoms with E-state index in [4.69, 9.17) is 21.1 Å². The Morgan fingerprint density at radius 1 is 1.12 bits per heavy atom. The van der Waals surface area contributed by atoms with Crippen molar-refractivity contribution in [3.8, 4) is 11.4 Å². The minimum atomic E-state index is -1.11. The summed E-state index contributed by atoms with van der Waals surface area (Å²) in [4.78, 5) is 49.5. The maximum absolute atomic E-state index is 14.5. The van der Waals surface area contributed by atoms with Crippen LogP contribution < -0.4 is 0 Å². The highest BCUT2D eigenvalue weighted by atomic mass is 35.5. The number of ether oxygens (including phenoxy) is 2. The number of hydrogen-bond donors (Lipinski definition) is 1. The van der Waals surface area contributed by atoms with Crippen molar-refractivity contribution in [1.29, 1.82) is 0 Å². The number of morpholine rings is 1. The second-order valence-electron chi connectivity index (χ2n) is 11.4. The predicted octanol–water partition coefficient (Wildman–Crippen LogP) is 3.96. The minimum Gasteiger partial charge on any atom is -0.465 e. The summed E-state index contributed by atoms with van der Waals surface area (Å²) in [5.74, 6) is -0.284. The van der Waals surface area contributed by atoms with E-state index in [1.54, 1.807) is 16.9 Å². The number of likely N-dealkylation sites (tertiary alicyclic amines) is 1. The maximum atomic E-state index is 14.5. The van der Waals surface area contributed by atoms with E-state index in [0.29, 0.717) is 58.2 Å². The lowest BCUT2D eigenvalue weighted by atomic mass is 9.91. The highest BCUT2D eigenvalue weighted by molar-refractivity contribution is 6.32. The van der Waals surface area contributed by atoms with E-state index in [0.717, 1.165) is 18.4 Å². The van der Waals surface area contributed by atoms with Crippen molar-refractivity contribution in [2.24, 2.45) is 11.8 Å². The summed E-state index contributed by atoms with van der Waals surface area (Å²) in [5.41, 5.74) is 1.11. The van der Waals surface area contributed by atoms with Crippen LogP contribution in [0, 0.1) is 11.8 Å². The molecule has 42 heavy (non-hydrogen) atoms. The van der Waals surface area contributed by atoms with Gasteiger partial charge in [-0.3, -0.25) is 9.59 Å². The number of methoxy groups -OCH3 is 1. The molecule has 230 valence electrons. The zero-order valence-corrected chi connectivity index (χ0v) is 25.5. The average molecular weight is 604 g/mol. The second-order valence-corrected chi connectivity index (χ2v) is 11.7.